The van der Waals surface area contributed by atoms with Gasteiger partial charge in [0.25, 0.3) is 0 Å². The van der Waals surface area contributed by atoms with Gasteiger partial charge in [0.2, 0.25) is 0 Å². The first-order chi connectivity index (χ1) is 15.9. The Bertz CT molecular complexity index is 1130. The van der Waals surface area contributed by atoms with E-state index < -0.39 is 17.9 Å². The van der Waals surface area contributed by atoms with Gasteiger partial charge in [-0.15, -0.1) is 0 Å². The highest BCUT2D eigenvalue weighted by Crippen LogP contribution is 2.14. The van der Waals surface area contributed by atoms with E-state index in [4.69, 9.17) is 15.3 Å². The van der Waals surface area contributed by atoms with Crippen molar-refractivity contribution in [3.8, 4) is 11.4 Å². The van der Waals surface area contributed by atoms with Crippen molar-refractivity contribution in [2.45, 2.75) is 0 Å². The van der Waals surface area contributed by atoms with E-state index in [-0.39, 0.29) is 5.56 Å². The molecule has 0 fully saturated rings. The van der Waals surface area contributed by atoms with Crippen molar-refractivity contribution in [2.75, 3.05) is 0 Å². The average molecular weight is 444 g/mol. The first-order valence-corrected chi connectivity index (χ1v) is 9.56. The van der Waals surface area contributed by atoms with Crippen LogP contribution in [0.5, 0.6) is 0 Å². The summed E-state index contributed by atoms with van der Waals surface area (Å²) in [6.45, 7) is 0. The minimum atomic E-state index is -0.963. The van der Waals surface area contributed by atoms with Gasteiger partial charge in [0.1, 0.15) is 0 Å². The van der Waals surface area contributed by atoms with Crippen molar-refractivity contribution in [2.24, 2.45) is 0 Å². The Hall–Kier alpha value is -4.85. The molecule has 0 saturated heterocycles. The van der Waals surface area contributed by atoms with Crippen LogP contribution >= 0.6 is 0 Å². The van der Waals surface area contributed by atoms with Gasteiger partial charge in [-0.3, -0.25) is 9.97 Å². The van der Waals surface area contributed by atoms with Gasteiger partial charge >= 0.3 is 17.9 Å². The van der Waals surface area contributed by atoms with Crippen LogP contribution in [0.2, 0.25) is 0 Å². The standard InChI is InChI=1S/C11H8N2O2.2C7H6O2/c14-11(15)8-4-6-13-10(7-8)9-3-1-2-5-12-9;2*8-7(9)6-4-2-1-3-5-6/h1-7H,(H,14,15);2*1-5H,(H,8,9). The number of hydrogen-bond donors (Lipinski definition) is 3. The SMILES string of the molecule is O=C(O)c1ccccc1.O=C(O)c1ccccc1.O=C(O)c1ccnc(-c2ccccn2)c1. The predicted molar refractivity (Wildman–Crippen MR) is 121 cm³/mol. The molecule has 166 valence electrons. The first kappa shape index (κ1) is 24.4. The highest BCUT2D eigenvalue weighted by atomic mass is 16.4. The molecule has 3 N–H and O–H groups in total. The van der Waals surface area contributed by atoms with Crippen LogP contribution in [0.4, 0.5) is 0 Å². The second-order valence-electron chi connectivity index (χ2n) is 6.29. The summed E-state index contributed by atoms with van der Waals surface area (Å²) in [7, 11) is 0. The normalized spacial score (nSPS) is 9.33. The molecule has 0 spiro atoms. The van der Waals surface area contributed by atoms with Crippen LogP contribution < -0.4 is 0 Å². The quantitative estimate of drug-likeness (QED) is 0.415. The van der Waals surface area contributed by atoms with E-state index in [1.54, 1.807) is 79.0 Å². The monoisotopic (exact) mass is 444 g/mol. The second kappa shape index (κ2) is 12.8. The van der Waals surface area contributed by atoms with Crippen molar-refractivity contribution in [1.29, 1.82) is 0 Å². The van der Waals surface area contributed by atoms with E-state index in [1.807, 2.05) is 6.07 Å². The maximum Gasteiger partial charge on any atom is 0.335 e. The van der Waals surface area contributed by atoms with Crippen LogP contribution in [0, 0.1) is 0 Å². The molecular weight excluding hydrogens is 424 g/mol. The van der Waals surface area contributed by atoms with E-state index in [2.05, 4.69) is 9.97 Å². The Morgan fingerprint density at radius 2 is 0.939 bits per heavy atom. The molecule has 0 radical (unpaired) electrons. The summed E-state index contributed by atoms with van der Waals surface area (Å²) < 4.78 is 0. The highest BCUT2D eigenvalue weighted by Gasteiger charge is 2.06. The van der Waals surface area contributed by atoms with Gasteiger partial charge in [-0.1, -0.05) is 42.5 Å². The van der Waals surface area contributed by atoms with E-state index in [0.717, 1.165) is 0 Å². The summed E-state index contributed by atoms with van der Waals surface area (Å²) in [5.41, 5.74) is 2.11. The summed E-state index contributed by atoms with van der Waals surface area (Å²) in [6.07, 6.45) is 3.11. The molecule has 0 unspecified atom stereocenters. The van der Waals surface area contributed by atoms with Crippen molar-refractivity contribution in [3.05, 3.63) is 120 Å². The molecule has 0 amide bonds. The molecule has 0 bridgehead atoms. The van der Waals surface area contributed by atoms with Gasteiger partial charge in [0, 0.05) is 12.4 Å². The molecule has 0 aliphatic rings. The number of hydrogen-bond acceptors (Lipinski definition) is 5. The van der Waals surface area contributed by atoms with Crippen LogP contribution in [-0.4, -0.2) is 43.2 Å². The lowest BCUT2D eigenvalue weighted by Gasteiger charge is -2.00. The summed E-state index contributed by atoms with van der Waals surface area (Å²) in [6, 6.07) is 25.0. The third kappa shape index (κ3) is 8.42. The zero-order valence-corrected chi connectivity index (χ0v) is 17.3. The Morgan fingerprint density at radius 1 is 0.485 bits per heavy atom. The van der Waals surface area contributed by atoms with E-state index in [1.165, 1.54) is 18.3 Å². The summed E-state index contributed by atoms with van der Waals surface area (Å²) >= 11 is 0. The van der Waals surface area contributed by atoms with Crippen LogP contribution in [0.1, 0.15) is 31.1 Å². The smallest absolute Gasteiger partial charge is 0.335 e. The van der Waals surface area contributed by atoms with Crippen molar-refractivity contribution >= 4 is 17.9 Å². The highest BCUT2D eigenvalue weighted by molar-refractivity contribution is 5.89. The van der Waals surface area contributed by atoms with Crippen molar-refractivity contribution in [3.63, 3.8) is 0 Å². The molecule has 8 nitrogen and oxygen atoms in total. The van der Waals surface area contributed by atoms with Gasteiger partial charge < -0.3 is 15.3 Å². The lowest BCUT2D eigenvalue weighted by Crippen LogP contribution is -1.97. The molecule has 0 saturated carbocycles. The molecule has 0 aliphatic heterocycles. The number of benzene rings is 2. The minimum Gasteiger partial charge on any atom is -0.478 e. The number of carbonyl (C=O) groups is 3. The molecule has 2 aromatic heterocycles. The van der Waals surface area contributed by atoms with Crippen LogP contribution in [0.15, 0.2) is 103 Å². The number of nitrogens with zero attached hydrogens (tertiary/aromatic N) is 2. The number of aromatic carboxylic acids is 3. The fourth-order valence-electron chi connectivity index (χ4n) is 2.38. The molecule has 0 aliphatic carbocycles. The third-order valence-corrected chi connectivity index (χ3v) is 3.98. The van der Waals surface area contributed by atoms with Gasteiger partial charge in [0.05, 0.1) is 28.1 Å². The number of pyridine rings is 2. The first-order valence-electron chi connectivity index (χ1n) is 9.56. The molecule has 2 heterocycles. The Labute approximate surface area is 189 Å². The average Bonchev–Trinajstić information content (AvgIpc) is 2.86. The Balaban J connectivity index is 0.000000186. The predicted octanol–water partition coefficient (Wildman–Crippen LogP) is 4.61. The van der Waals surface area contributed by atoms with Crippen molar-refractivity contribution < 1.29 is 29.7 Å². The topological polar surface area (TPSA) is 138 Å². The number of aromatic nitrogens is 2. The lowest BCUT2D eigenvalue weighted by atomic mass is 10.2. The molecule has 0 atom stereocenters. The zero-order chi connectivity index (χ0) is 24.1. The summed E-state index contributed by atoms with van der Waals surface area (Å²) in [5.74, 6) is -2.72. The second-order valence-corrected chi connectivity index (χ2v) is 6.29. The Morgan fingerprint density at radius 3 is 1.33 bits per heavy atom. The number of carboxylic acids is 3. The van der Waals surface area contributed by atoms with Gasteiger partial charge in [-0.05, 0) is 48.5 Å². The maximum atomic E-state index is 10.7. The van der Waals surface area contributed by atoms with E-state index in [9.17, 15) is 14.4 Å². The van der Waals surface area contributed by atoms with Gasteiger partial charge in [-0.25, -0.2) is 14.4 Å². The number of rotatable bonds is 4. The van der Waals surface area contributed by atoms with E-state index >= 15 is 0 Å². The van der Waals surface area contributed by atoms with Gasteiger partial charge in [-0.2, -0.15) is 0 Å². The number of carboxylic acid groups (broad SMARTS) is 3. The van der Waals surface area contributed by atoms with Crippen LogP contribution in [0.3, 0.4) is 0 Å². The molecular formula is C25H20N2O6. The molecule has 33 heavy (non-hydrogen) atoms. The van der Waals surface area contributed by atoms with Crippen LogP contribution in [-0.2, 0) is 0 Å². The fraction of sp³-hybridized carbons (Fsp3) is 0. The van der Waals surface area contributed by atoms with E-state index in [0.29, 0.717) is 22.5 Å². The van der Waals surface area contributed by atoms with Gasteiger partial charge in [0.15, 0.2) is 0 Å². The summed E-state index contributed by atoms with van der Waals surface area (Å²) in [5, 5.41) is 25.6. The maximum absolute atomic E-state index is 10.7. The summed E-state index contributed by atoms with van der Waals surface area (Å²) in [4.78, 5) is 39.3. The van der Waals surface area contributed by atoms with Crippen LogP contribution in [0.25, 0.3) is 11.4 Å². The molecule has 8 heteroatoms. The molecule has 4 rings (SSSR count). The third-order valence-electron chi connectivity index (χ3n) is 3.98. The van der Waals surface area contributed by atoms with Crippen molar-refractivity contribution in [1.82, 2.24) is 9.97 Å². The fourth-order valence-corrected chi connectivity index (χ4v) is 2.38. The minimum absolute atomic E-state index is 0.214. The zero-order valence-electron chi connectivity index (χ0n) is 17.3. The lowest BCUT2D eigenvalue weighted by molar-refractivity contribution is 0.0686. The molecule has 4 aromatic rings. The molecule has 2 aromatic carbocycles. The Kier molecular flexibility index (Phi) is 9.44. The largest absolute Gasteiger partial charge is 0.478 e.